The fraction of sp³-hybridized carbons (Fsp3) is 0.125. The van der Waals surface area contributed by atoms with Crippen LogP contribution in [0, 0.1) is 0 Å². The van der Waals surface area contributed by atoms with E-state index in [1.807, 2.05) is 48.5 Å². The van der Waals surface area contributed by atoms with E-state index in [9.17, 15) is 0 Å². The molecule has 0 saturated carbocycles. The SMILES string of the molecule is C[C@H](Nc1nc(-c2ccccc2)ns1)c1ccccc1. The highest BCUT2D eigenvalue weighted by Crippen LogP contribution is 2.24. The first kappa shape index (κ1) is 12.8. The van der Waals surface area contributed by atoms with Gasteiger partial charge < -0.3 is 5.32 Å². The van der Waals surface area contributed by atoms with Gasteiger partial charge in [0.15, 0.2) is 5.82 Å². The molecule has 0 unspecified atom stereocenters. The highest BCUT2D eigenvalue weighted by atomic mass is 32.1. The molecule has 20 heavy (non-hydrogen) atoms. The quantitative estimate of drug-likeness (QED) is 0.771. The maximum atomic E-state index is 4.54. The van der Waals surface area contributed by atoms with Gasteiger partial charge in [-0.1, -0.05) is 60.7 Å². The number of hydrogen-bond donors (Lipinski definition) is 1. The summed E-state index contributed by atoms with van der Waals surface area (Å²) in [6.45, 7) is 2.12. The normalized spacial score (nSPS) is 12.1. The molecule has 0 fully saturated rings. The van der Waals surface area contributed by atoms with Gasteiger partial charge in [0, 0.05) is 17.1 Å². The monoisotopic (exact) mass is 281 g/mol. The number of nitrogens with zero attached hydrogens (tertiary/aromatic N) is 2. The molecule has 3 nitrogen and oxygen atoms in total. The Kier molecular flexibility index (Phi) is 3.74. The molecule has 2 aromatic carbocycles. The fourth-order valence-electron chi connectivity index (χ4n) is 2.00. The molecule has 0 spiro atoms. The average molecular weight is 281 g/mol. The fourth-order valence-corrected chi connectivity index (χ4v) is 2.67. The van der Waals surface area contributed by atoms with Gasteiger partial charge in [-0.2, -0.15) is 9.36 Å². The second kappa shape index (κ2) is 5.84. The zero-order chi connectivity index (χ0) is 13.8. The van der Waals surface area contributed by atoms with Crippen LogP contribution in [0.3, 0.4) is 0 Å². The first-order chi connectivity index (χ1) is 9.83. The third-order valence-electron chi connectivity index (χ3n) is 3.10. The summed E-state index contributed by atoms with van der Waals surface area (Å²) >= 11 is 1.40. The minimum absolute atomic E-state index is 0.216. The first-order valence-corrected chi connectivity index (χ1v) is 7.31. The van der Waals surface area contributed by atoms with Crippen molar-refractivity contribution in [3.63, 3.8) is 0 Å². The van der Waals surface area contributed by atoms with E-state index in [2.05, 4.69) is 33.7 Å². The maximum Gasteiger partial charge on any atom is 0.203 e. The van der Waals surface area contributed by atoms with Crippen molar-refractivity contribution in [1.82, 2.24) is 9.36 Å². The summed E-state index contributed by atoms with van der Waals surface area (Å²) in [6.07, 6.45) is 0. The van der Waals surface area contributed by atoms with Crippen molar-refractivity contribution in [1.29, 1.82) is 0 Å². The van der Waals surface area contributed by atoms with Crippen LogP contribution in [-0.4, -0.2) is 9.36 Å². The zero-order valence-corrected chi connectivity index (χ0v) is 12.0. The Balaban J connectivity index is 1.75. The molecule has 1 aromatic heterocycles. The lowest BCUT2D eigenvalue weighted by Gasteiger charge is -2.12. The Hall–Kier alpha value is -2.20. The van der Waals surface area contributed by atoms with Crippen LogP contribution in [0.5, 0.6) is 0 Å². The van der Waals surface area contributed by atoms with E-state index in [1.165, 1.54) is 17.1 Å². The van der Waals surface area contributed by atoms with E-state index in [1.54, 1.807) is 0 Å². The third-order valence-corrected chi connectivity index (χ3v) is 3.74. The molecular weight excluding hydrogens is 266 g/mol. The lowest BCUT2D eigenvalue weighted by atomic mass is 10.1. The highest BCUT2D eigenvalue weighted by Gasteiger charge is 2.09. The minimum atomic E-state index is 0.216. The van der Waals surface area contributed by atoms with Crippen LogP contribution in [0.2, 0.25) is 0 Å². The van der Waals surface area contributed by atoms with Crippen LogP contribution in [0.15, 0.2) is 60.7 Å². The van der Waals surface area contributed by atoms with Gasteiger partial charge >= 0.3 is 0 Å². The van der Waals surface area contributed by atoms with E-state index >= 15 is 0 Å². The predicted molar refractivity (Wildman–Crippen MR) is 83.8 cm³/mol. The lowest BCUT2D eigenvalue weighted by Crippen LogP contribution is -2.05. The average Bonchev–Trinajstić information content (AvgIpc) is 2.97. The molecule has 0 radical (unpaired) electrons. The van der Waals surface area contributed by atoms with Crippen molar-refractivity contribution in [2.45, 2.75) is 13.0 Å². The maximum absolute atomic E-state index is 4.54. The van der Waals surface area contributed by atoms with E-state index in [4.69, 9.17) is 0 Å². The van der Waals surface area contributed by atoms with E-state index in [-0.39, 0.29) is 6.04 Å². The molecule has 1 N–H and O–H groups in total. The lowest BCUT2D eigenvalue weighted by molar-refractivity contribution is 0.882. The van der Waals surface area contributed by atoms with Crippen molar-refractivity contribution in [2.75, 3.05) is 5.32 Å². The van der Waals surface area contributed by atoms with Gasteiger partial charge in [0.1, 0.15) is 0 Å². The molecule has 0 aliphatic heterocycles. The Bertz CT molecular complexity index is 664. The highest BCUT2D eigenvalue weighted by molar-refractivity contribution is 7.09. The summed E-state index contributed by atoms with van der Waals surface area (Å²) < 4.78 is 4.40. The van der Waals surface area contributed by atoms with Crippen LogP contribution in [0.1, 0.15) is 18.5 Å². The van der Waals surface area contributed by atoms with Crippen LogP contribution < -0.4 is 5.32 Å². The first-order valence-electron chi connectivity index (χ1n) is 6.53. The van der Waals surface area contributed by atoms with Gasteiger partial charge in [0.05, 0.1) is 6.04 Å². The van der Waals surface area contributed by atoms with Gasteiger partial charge in [-0.15, -0.1) is 0 Å². The summed E-state index contributed by atoms with van der Waals surface area (Å²) in [5.41, 5.74) is 2.29. The topological polar surface area (TPSA) is 37.8 Å². The molecule has 0 aliphatic rings. The number of anilines is 1. The smallest absolute Gasteiger partial charge is 0.203 e. The summed E-state index contributed by atoms with van der Waals surface area (Å²) in [4.78, 5) is 4.54. The molecule has 1 atom stereocenters. The van der Waals surface area contributed by atoms with E-state index < -0.39 is 0 Å². The molecule has 100 valence electrons. The zero-order valence-electron chi connectivity index (χ0n) is 11.2. The summed E-state index contributed by atoms with van der Waals surface area (Å²) in [6, 6.07) is 20.6. The Morgan fingerprint density at radius 2 is 1.60 bits per heavy atom. The molecule has 0 bridgehead atoms. The molecule has 0 aliphatic carbocycles. The minimum Gasteiger partial charge on any atom is -0.354 e. The van der Waals surface area contributed by atoms with Crippen LogP contribution in [0.4, 0.5) is 5.13 Å². The van der Waals surface area contributed by atoms with Crippen LogP contribution in [-0.2, 0) is 0 Å². The Morgan fingerprint density at radius 1 is 0.950 bits per heavy atom. The second-order valence-corrected chi connectivity index (χ2v) is 5.32. The Morgan fingerprint density at radius 3 is 2.30 bits per heavy atom. The molecule has 3 rings (SSSR count). The largest absolute Gasteiger partial charge is 0.354 e. The molecular formula is C16H15N3S. The van der Waals surface area contributed by atoms with Gasteiger partial charge in [-0.25, -0.2) is 0 Å². The Labute approximate surface area is 122 Å². The van der Waals surface area contributed by atoms with Crippen molar-refractivity contribution in [3.05, 3.63) is 66.2 Å². The molecule has 4 heteroatoms. The second-order valence-electron chi connectivity index (χ2n) is 4.57. The number of aromatic nitrogens is 2. The van der Waals surface area contributed by atoms with Gasteiger partial charge in [0.2, 0.25) is 5.13 Å². The van der Waals surface area contributed by atoms with Gasteiger partial charge in [-0.05, 0) is 12.5 Å². The van der Waals surface area contributed by atoms with E-state index in [0.29, 0.717) is 0 Å². The summed E-state index contributed by atoms with van der Waals surface area (Å²) in [7, 11) is 0. The predicted octanol–water partition coefficient (Wildman–Crippen LogP) is 4.38. The standard InChI is InChI=1S/C16H15N3S/c1-12(13-8-4-2-5-9-13)17-16-18-15(19-20-16)14-10-6-3-7-11-14/h2-12H,1H3,(H,17,18,19)/t12-/m0/s1. The van der Waals surface area contributed by atoms with Crippen molar-refractivity contribution < 1.29 is 0 Å². The summed E-state index contributed by atoms with van der Waals surface area (Å²) in [5.74, 6) is 0.776. The van der Waals surface area contributed by atoms with Crippen LogP contribution >= 0.6 is 11.5 Å². The number of rotatable bonds is 4. The number of hydrogen-bond acceptors (Lipinski definition) is 4. The number of nitrogens with one attached hydrogen (secondary N) is 1. The van der Waals surface area contributed by atoms with Crippen molar-refractivity contribution in [2.24, 2.45) is 0 Å². The summed E-state index contributed by atoms with van der Waals surface area (Å²) in [5, 5.41) is 4.24. The van der Waals surface area contributed by atoms with Gasteiger partial charge in [-0.3, -0.25) is 0 Å². The molecule has 1 heterocycles. The van der Waals surface area contributed by atoms with Crippen molar-refractivity contribution >= 4 is 16.7 Å². The van der Waals surface area contributed by atoms with Crippen LogP contribution in [0.25, 0.3) is 11.4 Å². The number of benzene rings is 2. The molecule has 3 aromatic rings. The van der Waals surface area contributed by atoms with Crippen molar-refractivity contribution in [3.8, 4) is 11.4 Å². The van der Waals surface area contributed by atoms with E-state index in [0.717, 1.165) is 16.5 Å². The third kappa shape index (κ3) is 2.86. The molecule has 0 amide bonds. The van der Waals surface area contributed by atoms with Gasteiger partial charge in [0.25, 0.3) is 0 Å². The molecule has 0 saturated heterocycles.